The van der Waals surface area contributed by atoms with Crippen LogP contribution >= 0.6 is 0 Å². The van der Waals surface area contributed by atoms with Crippen LogP contribution in [-0.4, -0.2) is 34.9 Å². The van der Waals surface area contributed by atoms with Crippen LogP contribution in [0.4, 0.5) is 0 Å². The lowest BCUT2D eigenvalue weighted by atomic mass is 10.4. The van der Waals surface area contributed by atoms with Crippen molar-refractivity contribution in [2.24, 2.45) is 0 Å². The van der Waals surface area contributed by atoms with Crippen LogP contribution in [0, 0.1) is 12.3 Å². The molecule has 0 unspecified atom stereocenters. The fourth-order valence-corrected chi connectivity index (χ4v) is 3.73. The largest absolute Gasteiger partial charge is 0.268 e. The van der Waals surface area contributed by atoms with Crippen LogP contribution < -0.4 is 0 Å². The van der Waals surface area contributed by atoms with Crippen molar-refractivity contribution < 1.29 is 21.0 Å². The first-order valence-corrected chi connectivity index (χ1v) is 8.69. The van der Waals surface area contributed by atoms with Crippen LogP contribution in [0.3, 0.4) is 0 Å². The Bertz CT molecular complexity index is 639. The molecule has 0 aliphatic heterocycles. The minimum Gasteiger partial charge on any atom is -0.257 e. The molecule has 5 nitrogen and oxygen atoms in total. The molecule has 0 radical (unpaired) electrons. The van der Waals surface area contributed by atoms with Gasteiger partial charge in [-0.2, -0.15) is 8.42 Å². The number of hydrogen-bond acceptors (Lipinski definition) is 5. The van der Waals surface area contributed by atoms with Crippen LogP contribution in [0.15, 0.2) is 35.2 Å². The fourth-order valence-electron chi connectivity index (χ4n) is 1.35. The standard InChI is InChI=1S/C12H14O5S2/c1-2-9-17-19(15,16)11-6-10-18(13,14)12-7-4-3-5-8-12/h1,3-5,7-8H,6,9-11H2. The van der Waals surface area contributed by atoms with Crippen molar-refractivity contribution in [1.82, 2.24) is 0 Å². The molecule has 0 spiro atoms. The summed E-state index contributed by atoms with van der Waals surface area (Å²) < 4.78 is 50.8. The highest BCUT2D eigenvalue weighted by Crippen LogP contribution is 2.11. The van der Waals surface area contributed by atoms with E-state index >= 15 is 0 Å². The van der Waals surface area contributed by atoms with E-state index in [1.807, 2.05) is 5.92 Å². The van der Waals surface area contributed by atoms with Crippen molar-refractivity contribution in [1.29, 1.82) is 0 Å². The summed E-state index contributed by atoms with van der Waals surface area (Å²) in [6.45, 7) is -0.340. The van der Waals surface area contributed by atoms with Gasteiger partial charge in [0.15, 0.2) is 9.84 Å². The van der Waals surface area contributed by atoms with E-state index in [1.54, 1.807) is 18.2 Å². The second-order valence-electron chi connectivity index (χ2n) is 3.71. The van der Waals surface area contributed by atoms with E-state index < -0.39 is 20.0 Å². The zero-order valence-electron chi connectivity index (χ0n) is 10.2. The molecule has 1 rings (SSSR count). The molecule has 19 heavy (non-hydrogen) atoms. The first-order valence-electron chi connectivity index (χ1n) is 5.46. The Morgan fingerprint density at radius 2 is 1.68 bits per heavy atom. The van der Waals surface area contributed by atoms with Gasteiger partial charge in [-0.25, -0.2) is 8.42 Å². The van der Waals surface area contributed by atoms with E-state index in [4.69, 9.17) is 6.42 Å². The Hall–Kier alpha value is -1.36. The van der Waals surface area contributed by atoms with Crippen molar-refractivity contribution in [3.8, 4) is 12.3 Å². The maximum atomic E-state index is 11.9. The lowest BCUT2D eigenvalue weighted by Gasteiger charge is -2.05. The molecule has 0 aromatic heterocycles. The van der Waals surface area contributed by atoms with E-state index in [1.165, 1.54) is 12.1 Å². The summed E-state index contributed by atoms with van der Waals surface area (Å²) in [6, 6.07) is 7.87. The maximum Gasteiger partial charge on any atom is 0.268 e. The van der Waals surface area contributed by atoms with Gasteiger partial charge in [-0.15, -0.1) is 6.42 Å². The molecule has 0 fully saturated rings. The Kier molecular flexibility index (Phi) is 5.54. The molecule has 0 N–H and O–H groups in total. The number of terminal acetylenes is 1. The van der Waals surface area contributed by atoms with E-state index in [0.29, 0.717) is 0 Å². The second kappa shape index (κ2) is 6.70. The molecule has 0 bridgehead atoms. The summed E-state index contributed by atoms with van der Waals surface area (Å²) in [6.07, 6.45) is 4.84. The SMILES string of the molecule is C#CCOS(=O)(=O)CCCS(=O)(=O)c1ccccc1. The predicted octanol–water partition coefficient (Wildman–Crippen LogP) is 0.830. The average molecular weight is 302 g/mol. The number of rotatable bonds is 7. The molecule has 0 aliphatic carbocycles. The van der Waals surface area contributed by atoms with Gasteiger partial charge in [-0.3, -0.25) is 4.18 Å². The number of sulfone groups is 1. The maximum absolute atomic E-state index is 11.9. The number of benzene rings is 1. The van der Waals surface area contributed by atoms with Crippen molar-refractivity contribution in [3.05, 3.63) is 30.3 Å². The molecule has 0 saturated heterocycles. The lowest BCUT2D eigenvalue weighted by Crippen LogP contribution is -2.15. The van der Waals surface area contributed by atoms with Gasteiger partial charge in [-0.05, 0) is 18.6 Å². The molecule has 1 aromatic rings. The third kappa shape index (κ3) is 5.42. The molecular weight excluding hydrogens is 288 g/mol. The van der Waals surface area contributed by atoms with Gasteiger partial charge in [0.05, 0.1) is 16.4 Å². The van der Waals surface area contributed by atoms with Gasteiger partial charge in [0.25, 0.3) is 10.1 Å². The molecule has 0 heterocycles. The molecule has 0 aliphatic rings. The van der Waals surface area contributed by atoms with Crippen molar-refractivity contribution in [3.63, 3.8) is 0 Å². The number of hydrogen-bond donors (Lipinski definition) is 0. The van der Waals surface area contributed by atoms with Crippen molar-refractivity contribution >= 4 is 20.0 Å². The normalized spacial score (nSPS) is 11.9. The molecule has 104 valence electrons. The summed E-state index contributed by atoms with van der Waals surface area (Å²) in [5.41, 5.74) is 0. The van der Waals surface area contributed by atoms with E-state index in [9.17, 15) is 16.8 Å². The third-order valence-corrected chi connectivity index (χ3v) is 5.31. The van der Waals surface area contributed by atoms with Gasteiger partial charge >= 0.3 is 0 Å². The zero-order valence-corrected chi connectivity index (χ0v) is 11.8. The fraction of sp³-hybridized carbons (Fsp3) is 0.333. The Morgan fingerprint density at radius 1 is 1.05 bits per heavy atom. The quantitative estimate of drug-likeness (QED) is 0.551. The van der Waals surface area contributed by atoms with Gasteiger partial charge in [0.1, 0.15) is 6.61 Å². The van der Waals surface area contributed by atoms with Gasteiger partial charge in [0, 0.05) is 0 Å². The molecule has 0 amide bonds. The van der Waals surface area contributed by atoms with Crippen LogP contribution in [-0.2, 0) is 24.1 Å². The smallest absolute Gasteiger partial charge is 0.257 e. The summed E-state index contributed by atoms with van der Waals surface area (Å²) in [7, 11) is -7.22. The zero-order chi connectivity index (χ0) is 14.4. The summed E-state index contributed by atoms with van der Waals surface area (Å²) in [5.74, 6) is 1.41. The minimum atomic E-state index is -3.76. The lowest BCUT2D eigenvalue weighted by molar-refractivity contribution is 0.363. The Labute approximate surface area is 113 Å². The average Bonchev–Trinajstić information content (AvgIpc) is 2.37. The highest BCUT2D eigenvalue weighted by Gasteiger charge is 2.17. The van der Waals surface area contributed by atoms with Gasteiger partial charge in [-0.1, -0.05) is 24.1 Å². The van der Waals surface area contributed by atoms with Crippen molar-refractivity contribution in [2.45, 2.75) is 11.3 Å². The first kappa shape index (κ1) is 15.7. The van der Waals surface area contributed by atoms with Crippen LogP contribution in [0.5, 0.6) is 0 Å². The van der Waals surface area contributed by atoms with E-state index in [-0.39, 0.29) is 29.4 Å². The molecule has 1 aromatic carbocycles. The van der Waals surface area contributed by atoms with Crippen LogP contribution in [0.1, 0.15) is 6.42 Å². The summed E-state index contributed by atoms with van der Waals surface area (Å²) in [5, 5.41) is 0. The molecule has 0 atom stereocenters. The highest BCUT2D eigenvalue weighted by atomic mass is 32.2. The first-order chi connectivity index (χ1) is 8.87. The van der Waals surface area contributed by atoms with Crippen LogP contribution in [0.25, 0.3) is 0 Å². The predicted molar refractivity (Wildman–Crippen MR) is 71.7 cm³/mol. The minimum absolute atomic E-state index is 0.0376. The van der Waals surface area contributed by atoms with Crippen molar-refractivity contribution in [2.75, 3.05) is 18.1 Å². The van der Waals surface area contributed by atoms with E-state index in [2.05, 4.69) is 4.18 Å². The molecule has 0 saturated carbocycles. The Morgan fingerprint density at radius 3 is 2.26 bits per heavy atom. The molecular formula is C12H14O5S2. The van der Waals surface area contributed by atoms with Gasteiger partial charge in [0.2, 0.25) is 0 Å². The van der Waals surface area contributed by atoms with E-state index in [0.717, 1.165) is 0 Å². The highest BCUT2D eigenvalue weighted by molar-refractivity contribution is 7.91. The second-order valence-corrected chi connectivity index (χ2v) is 7.58. The monoisotopic (exact) mass is 302 g/mol. The summed E-state index contributed by atoms with van der Waals surface area (Å²) >= 11 is 0. The topological polar surface area (TPSA) is 77.5 Å². The van der Waals surface area contributed by atoms with Crippen LogP contribution in [0.2, 0.25) is 0 Å². The third-order valence-electron chi connectivity index (χ3n) is 2.23. The van der Waals surface area contributed by atoms with Gasteiger partial charge < -0.3 is 0 Å². The summed E-state index contributed by atoms with van der Waals surface area (Å²) in [4.78, 5) is 0.178. The molecule has 7 heteroatoms. The Balaban J connectivity index is 2.57.